The molecule has 1 fully saturated rings. The summed E-state index contributed by atoms with van der Waals surface area (Å²) in [5, 5.41) is 3.23. The SMILES string of the molecule is CCOC(=O)N1CCC(NC(N)=NCc2ccc(C(=O)N(CC)CC)cc2)CC1.I. The molecule has 0 saturated carbocycles. The first-order valence-electron chi connectivity index (χ1n) is 10.3. The highest BCUT2D eigenvalue weighted by molar-refractivity contribution is 14.0. The van der Waals surface area contributed by atoms with E-state index in [0.29, 0.717) is 50.9 Å². The summed E-state index contributed by atoms with van der Waals surface area (Å²) in [6, 6.07) is 7.68. The highest BCUT2D eigenvalue weighted by Crippen LogP contribution is 2.12. The Balaban J connectivity index is 0.00000450. The minimum atomic E-state index is -0.254. The number of nitrogens with one attached hydrogen (secondary N) is 1. The first kappa shape index (κ1) is 26.0. The van der Waals surface area contributed by atoms with Crippen LogP contribution >= 0.6 is 24.0 Å². The second kappa shape index (κ2) is 13.3. The standard InChI is InChI=1S/C21H33N5O3.HI/c1-4-25(5-2)19(27)17-9-7-16(8-10-17)15-23-20(22)24-18-11-13-26(14-12-18)21(28)29-6-3;/h7-10,18H,4-6,11-15H2,1-3H3,(H3,22,23,24);1H. The van der Waals surface area contributed by atoms with E-state index >= 15 is 0 Å². The van der Waals surface area contributed by atoms with Gasteiger partial charge in [-0.1, -0.05) is 12.1 Å². The van der Waals surface area contributed by atoms with Crippen molar-refractivity contribution in [3.63, 3.8) is 0 Å². The van der Waals surface area contributed by atoms with Gasteiger partial charge < -0.3 is 25.6 Å². The maximum atomic E-state index is 12.3. The maximum Gasteiger partial charge on any atom is 0.409 e. The third-order valence-electron chi connectivity index (χ3n) is 5.06. The van der Waals surface area contributed by atoms with Crippen molar-refractivity contribution in [1.29, 1.82) is 0 Å². The van der Waals surface area contributed by atoms with E-state index in [4.69, 9.17) is 10.5 Å². The Hall–Kier alpha value is -2.04. The Kier molecular flexibility index (Phi) is 11.5. The third kappa shape index (κ3) is 7.66. The average molecular weight is 531 g/mol. The van der Waals surface area contributed by atoms with Gasteiger partial charge in [0.05, 0.1) is 13.2 Å². The van der Waals surface area contributed by atoms with Crippen molar-refractivity contribution in [2.45, 2.75) is 46.2 Å². The Bertz CT molecular complexity index is 699. The first-order chi connectivity index (χ1) is 14.0. The number of ether oxygens (including phenoxy) is 1. The van der Waals surface area contributed by atoms with Crippen LogP contribution in [0.3, 0.4) is 0 Å². The molecule has 0 atom stereocenters. The summed E-state index contributed by atoms with van der Waals surface area (Å²) in [6.07, 6.45) is 1.35. The number of hydrogen-bond acceptors (Lipinski definition) is 4. The van der Waals surface area contributed by atoms with Gasteiger partial charge in [-0.05, 0) is 51.3 Å². The van der Waals surface area contributed by atoms with Crippen LogP contribution < -0.4 is 11.1 Å². The summed E-state index contributed by atoms with van der Waals surface area (Å²) < 4.78 is 5.03. The predicted octanol–water partition coefficient (Wildman–Crippen LogP) is 2.81. The molecule has 1 saturated heterocycles. The molecule has 1 aliphatic rings. The van der Waals surface area contributed by atoms with Crippen molar-refractivity contribution in [2.75, 3.05) is 32.8 Å². The number of likely N-dealkylation sites (tertiary alicyclic amines) is 1. The second-order valence-corrected chi connectivity index (χ2v) is 6.98. The van der Waals surface area contributed by atoms with E-state index in [1.807, 2.05) is 38.1 Å². The molecule has 3 N–H and O–H groups in total. The molecule has 2 amide bonds. The van der Waals surface area contributed by atoms with E-state index in [9.17, 15) is 9.59 Å². The lowest BCUT2D eigenvalue weighted by Crippen LogP contribution is -2.48. The molecule has 8 nitrogen and oxygen atoms in total. The summed E-state index contributed by atoms with van der Waals surface area (Å²) >= 11 is 0. The zero-order chi connectivity index (χ0) is 21.2. The molecular weight excluding hydrogens is 497 g/mol. The van der Waals surface area contributed by atoms with Gasteiger partial charge >= 0.3 is 6.09 Å². The van der Waals surface area contributed by atoms with E-state index in [1.165, 1.54) is 0 Å². The Morgan fingerprint density at radius 3 is 2.30 bits per heavy atom. The van der Waals surface area contributed by atoms with Gasteiger partial charge in [0.15, 0.2) is 5.96 Å². The quantitative estimate of drug-likeness (QED) is 0.320. The van der Waals surface area contributed by atoms with E-state index < -0.39 is 0 Å². The molecule has 0 spiro atoms. The Morgan fingerprint density at radius 1 is 1.17 bits per heavy atom. The Morgan fingerprint density at radius 2 is 1.77 bits per heavy atom. The van der Waals surface area contributed by atoms with Gasteiger partial charge in [-0.2, -0.15) is 0 Å². The number of hydrogen-bond donors (Lipinski definition) is 2. The lowest BCUT2D eigenvalue weighted by molar-refractivity contribution is 0.0772. The van der Waals surface area contributed by atoms with Gasteiger partial charge in [-0.15, -0.1) is 24.0 Å². The number of nitrogens with zero attached hydrogens (tertiary/aromatic N) is 3. The van der Waals surface area contributed by atoms with Gasteiger partial charge in [0, 0.05) is 37.8 Å². The number of piperidine rings is 1. The number of carbonyl (C=O) groups excluding carboxylic acids is 2. The number of amides is 2. The molecule has 2 rings (SSSR count). The van der Waals surface area contributed by atoms with E-state index in [2.05, 4.69) is 10.3 Å². The van der Waals surface area contributed by atoms with E-state index in [1.54, 1.807) is 16.7 Å². The van der Waals surface area contributed by atoms with E-state index in [-0.39, 0.29) is 42.0 Å². The van der Waals surface area contributed by atoms with Crippen LogP contribution in [0.1, 0.15) is 49.5 Å². The zero-order valence-corrected chi connectivity index (χ0v) is 20.4. The van der Waals surface area contributed by atoms with Crippen molar-refractivity contribution < 1.29 is 14.3 Å². The number of halogens is 1. The normalized spacial score (nSPS) is 14.6. The van der Waals surface area contributed by atoms with E-state index in [0.717, 1.165) is 18.4 Å². The molecule has 0 aromatic heterocycles. The number of guanidine groups is 1. The summed E-state index contributed by atoms with van der Waals surface area (Å²) in [6.45, 7) is 9.27. The number of aliphatic imine (C=N–C) groups is 1. The zero-order valence-electron chi connectivity index (χ0n) is 18.1. The third-order valence-corrected chi connectivity index (χ3v) is 5.06. The largest absolute Gasteiger partial charge is 0.450 e. The summed E-state index contributed by atoms with van der Waals surface area (Å²) in [5.74, 6) is 0.434. The van der Waals surface area contributed by atoms with Crippen LogP contribution in [0.15, 0.2) is 29.3 Å². The van der Waals surface area contributed by atoms with Crippen LogP contribution in [0.2, 0.25) is 0 Å². The van der Waals surface area contributed by atoms with Crippen molar-refractivity contribution >= 4 is 41.9 Å². The van der Waals surface area contributed by atoms with Crippen LogP contribution in [0, 0.1) is 0 Å². The van der Waals surface area contributed by atoms with Gasteiger partial charge in [0.25, 0.3) is 5.91 Å². The van der Waals surface area contributed by atoms with Crippen LogP contribution in [0.4, 0.5) is 4.79 Å². The fourth-order valence-corrected chi connectivity index (χ4v) is 3.30. The number of carbonyl (C=O) groups is 2. The molecule has 30 heavy (non-hydrogen) atoms. The molecule has 1 aliphatic heterocycles. The average Bonchev–Trinajstić information content (AvgIpc) is 2.74. The topological polar surface area (TPSA) is 100 Å². The van der Waals surface area contributed by atoms with Crippen molar-refractivity contribution in [1.82, 2.24) is 15.1 Å². The van der Waals surface area contributed by atoms with Gasteiger partial charge in [-0.25, -0.2) is 9.79 Å². The second-order valence-electron chi connectivity index (χ2n) is 6.98. The smallest absolute Gasteiger partial charge is 0.409 e. The monoisotopic (exact) mass is 531 g/mol. The summed E-state index contributed by atoms with van der Waals surface area (Å²) in [5.41, 5.74) is 7.69. The molecule has 0 bridgehead atoms. The molecule has 1 aromatic carbocycles. The number of nitrogens with two attached hydrogens (primary N) is 1. The summed E-state index contributed by atoms with van der Waals surface area (Å²) in [4.78, 5) is 32.0. The fourth-order valence-electron chi connectivity index (χ4n) is 3.30. The number of benzene rings is 1. The molecular formula is C21H34IN5O3. The minimum absolute atomic E-state index is 0. The van der Waals surface area contributed by atoms with Gasteiger partial charge in [0.1, 0.15) is 0 Å². The summed E-state index contributed by atoms with van der Waals surface area (Å²) in [7, 11) is 0. The Labute approximate surface area is 196 Å². The maximum absolute atomic E-state index is 12.3. The predicted molar refractivity (Wildman–Crippen MR) is 129 cm³/mol. The highest BCUT2D eigenvalue weighted by Gasteiger charge is 2.23. The first-order valence-corrected chi connectivity index (χ1v) is 10.3. The minimum Gasteiger partial charge on any atom is -0.450 e. The molecule has 0 aliphatic carbocycles. The molecule has 168 valence electrons. The number of rotatable bonds is 7. The molecule has 1 aromatic rings. The molecule has 0 radical (unpaired) electrons. The van der Waals surface area contributed by atoms with Gasteiger partial charge in [0.2, 0.25) is 0 Å². The van der Waals surface area contributed by atoms with Crippen LogP contribution in [0.25, 0.3) is 0 Å². The molecule has 1 heterocycles. The fraction of sp³-hybridized carbons (Fsp3) is 0.571. The lowest BCUT2D eigenvalue weighted by atomic mass is 10.1. The van der Waals surface area contributed by atoms with Crippen molar-refractivity contribution in [2.24, 2.45) is 10.7 Å². The van der Waals surface area contributed by atoms with Crippen molar-refractivity contribution in [3.8, 4) is 0 Å². The molecule has 9 heteroatoms. The van der Waals surface area contributed by atoms with Crippen LogP contribution in [0.5, 0.6) is 0 Å². The van der Waals surface area contributed by atoms with Crippen molar-refractivity contribution in [3.05, 3.63) is 35.4 Å². The molecule has 0 unspecified atom stereocenters. The lowest BCUT2D eigenvalue weighted by Gasteiger charge is -2.31. The van der Waals surface area contributed by atoms with Crippen LogP contribution in [-0.4, -0.2) is 66.6 Å². The van der Waals surface area contributed by atoms with Crippen LogP contribution in [-0.2, 0) is 11.3 Å². The van der Waals surface area contributed by atoms with Gasteiger partial charge in [-0.3, -0.25) is 4.79 Å². The highest BCUT2D eigenvalue weighted by atomic mass is 127.